The highest BCUT2D eigenvalue weighted by molar-refractivity contribution is 7.21. The Balaban J connectivity index is 1.27. The molecule has 3 aromatic carbocycles. The van der Waals surface area contributed by atoms with E-state index < -0.39 is 6.04 Å². The van der Waals surface area contributed by atoms with E-state index in [1.165, 1.54) is 10.5 Å². The first-order valence-electron chi connectivity index (χ1n) is 13.1. The van der Waals surface area contributed by atoms with Gasteiger partial charge in [-0.3, -0.25) is 14.4 Å². The lowest BCUT2D eigenvalue weighted by molar-refractivity contribution is -0.123. The molecule has 192 valence electrons. The molecule has 2 aliphatic rings. The van der Waals surface area contributed by atoms with Crippen molar-refractivity contribution in [1.29, 1.82) is 0 Å². The average molecular weight is 524 g/mol. The summed E-state index contributed by atoms with van der Waals surface area (Å²) in [5.41, 5.74) is 5.23. The van der Waals surface area contributed by atoms with Crippen molar-refractivity contribution in [1.82, 2.24) is 9.88 Å². The van der Waals surface area contributed by atoms with Gasteiger partial charge in [-0.05, 0) is 80.8 Å². The number of anilines is 1. The molecule has 6 nitrogen and oxygen atoms in total. The summed E-state index contributed by atoms with van der Waals surface area (Å²) < 4.78 is 1.13. The third-order valence-electron chi connectivity index (χ3n) is 7.63. The van der Waals surface area contributed by atoms with Crippen LogP contribution in [0, 0.1) is 13.8 Å². The minimum atomic E-state index is -0.786. The molecule has 0 radical (unpaired) electrons. The molecule has 3 amide bonds. The Morgan fingerprint density at radius 2 is 1.61 bits per heavy atom. The molecule has 2 fully saturated rings. The number of hydrogen-bond donors (Lipinski definition) is 0. The summed E-state index contributed by atoms with van der Waals surface area (Å²) in [7, 11) is 0. The Kier molecular flexibility index (Phi) is 6.32. The normalized spacial score (nSPS) is 18.1. The fraction of sp³-hybridized carbons (Fsp3) is 0.290. The van der Waals surface area contributed by atoms with Crippen LogP contribution in [0.1, 0.15) is 53.6 Å². The predicted octanol–water partition coefficient (Wildman–Crippen LogP) is 6.30. The zero-order chi connectivity index (χ0) is 26.4. The third-order valence-corrected chi connectivity index (χ3v) is 8.69. The Morgan fingerprint density at radius 1 is 0.921 bits per heavy atom. The van der Waals surface area contributed by atoms with E-state index in [4.69, 9.17) is 4.98 Å². The van der Waals surface area contributed by atoms with Gasteiger partial charge in [0.1, 0.15) is 11.0 Å². The quantitative estimate of drug-likeness (QED) is 0.288. The molecular weight excluding hydrogens is 494 g/mol. The van der Waals surface area contributed by atoms with E-state index in [1.807, 2.05) is 43.3 Å². The lowest BCUT2D eigenvalue weighted by Gasteiger charge is -2.33. The smallest absolute Gasteiger partial charge is 0.257 e. The van der Waals surface area contributed by atoms with Crippen molar-refractivity contribution < 1.29 is 14.4 Å². The zero-order valence-corrected chi connectivity index (χ0v) is 22.3. The van der Waals surface area contributed by atoms with Gasteiger partial charge in [0.2, 0.25) is 5.91 Å². The molecule has 1 aliphatic heterocycles. The van der Waals surface area contributed by atoms with Crippen LogP contribution in [0.3, 0.4) is 0 Å². The molecule has 0 N–H and O–H groups in total. The van der Waals surface area contributed by atoms with Gasteiger partial charge in [-0.15, -0.1) is 11.3 Å². The fourth-order valence-electron chi connectivity index (χ4n) is 5.60. The Morgan fingerprint density at radius 3 is 2.32 bits per heavy atom. The van der Waals surface area contributed by atoms with Crippen LogP contribution in [0.5, 0.6) is 0 Å². The summed E-state index contributed by atoms with van der Waals surface area (Å²) in [6.45, 7) is 4.04. The summed E-state index contributed by atoms with van der Waals surface area (Å²) in [6.07, 6.45) is 3.76. The van der Waals surface area contributed by atoms with Crippen molar-refractivity contribution in [3.63, 3.8) is 0 Å². The molecule has 1 saturated carbocycles. The maximum absolute atomic E-state index is 13.7. The van der Waals surface area contributed by atoms with Crippen molar-refractivity contribution in [3.05, 3.63) is 83.4 Å². The van der Waals surface area contributed by atoms with Gasteiger partial charge >= 0.3 is 0 Å². The third kappa shape index (κ3) is 4.41. The lowest BCUT2D eigenvalue weighted by atomic mass is 10.0. The molecule has 1 aromatic heterocycles. The van der Waals surface area contributed by atoms with Crippen LogP contribution < -0.4 is 4.90 Å². The number of aromatic nitrogens is 1. The maximum atomic E-state index is 13.7. The fourth-order valence-corrected chi connectivity index (χ4v) is 6.67. The minimum Gasteiger partial charge on any atom is -0.323 e. The molecule has 0 spiro atoms. The summed E-state index contributed by atoms with van der Waals surface area (Å²) in [5, 5.41) is 0.894. The molecule has 1 saturated heterocycles. The molecule has 1 aliphatic carbocycles. The Hall–Kier alpha value is -3.84. The number of carbonyl (C=O) groups is 3. The van der Waals surface area contributed by atoms with Gasteiger partial charge in [0.25, 0.3) is 11.8 Å². The van der Waals surface area contributed by atoms with Crippen LogP contribution in [-0.2, 0) is 9.59 Å². The van der Waals surface area contributed by atoms with E-state index in [0.717, 1.165) is 52.0 Å². The second-order valence-corrected chi connectivity index (χ2v) is 11.4. The monoisotopic (exact) mass is 523 g/mol. The number of amides is 3. The minimum absolute atomic E-state index is 0.00586. The standard InChI is InChI=1S/C31H29N3O3S/c1-19-7-10-22(11-8-19)30(36)33(23-5-3-4-6-23)26-18-28(35)34(31(26)37)24-14-12-21(13-15-24)29-32-25-16-9-20(2)17-27(25)38-29/h7-17,23,26H,3-6,18H2,1-2H3. The van der Waals surface area contributed by atoms with Crippen LogP contribution in [-0.4, -0.2) is 39.7 Å². The highest BCUT2D eigenvalue weighted by Gasteiger charge is 2.47. The Labute approximate surface area is 225 Å². The van der Waals surface area contributed by atoms with E-state index in [9.17, 15) is 14.4 Å². The molecule has 2 heterocycles. The van der Waals surface area contributed by atoms with Crippen LogP contribution in [0.4, 0.5) is 5.69 Å². The number of carbonyl (C=O) groups excluding carboxylic acids is 3. The molecule has 6 rings (SSSR count). The van der Waals surface area contributed by atoms with E-state index in [0.29, 0.717) is 11.3 Å². The Bertz CT molecular complexity index is 1540. The van der Waals surface area contributed by atoms with Crippen molar-refractivity contribution in [2.75, 3.05) is 4.90 Å². The van der Waals surface area contributed by atoms with Gasteiger partial charge in [-0.1, -0.05) is 36.6 Å². The molecule has 38 heavy (non-hydrogen) atoms. The number of rotatable bonds is 5. The summed E-state index contributed by atoms with van der Waals surface area (Å²) in [5.74, 6) is -0.778. The van der Waals surface area contributed by atoms with Gasteiger partial charge in [0.05, 0.1) is 22.3 Å². The van der Waals surface area contributed by atoms with E-state index in [1.54, 1.807) is 40.5 Å². The number of benzene rings is 3. The number of thiazole rings is 1. The molecule has 1 unspecified atom stereocenters. The van der Waals surface area contributed by atoms with Crippen molar-refractivity contribution in [2.24, 2.45) is 0 Å². The molecule has 7 heteroatoms. The van der Waals surface area contributed by atoms with Crippen LogP contribution in [0.25, 0.3) is 20.8 Å². The highest BCUT2D eigenvalue weighted by Crippen LogP contribution is 2.35. The van der Waals surface area contributed by atoms with E-state index >= 15 is 0 Å². The number of fused-ring (bicyclic) bond motifs is 1. The average Bonchev–Trinajstić information content (AvgIpc) is 3.65. The van der Waals surface area contributed by atoms with Crippen LogP contribution in [0.15, 0.2) is 66.7 Å². The summed E-state index contributed by atoms with van der Waals surface area (Å²) in [6, 6.07) is 20.2. The number of hydrogen-bond acceptors (Lipinski definition) is 5. The van der Waals surface area contributed by atoms with Gasteiger partial charge < -0.3 is 4.90 Å². The van der Waals surface area contributed by atoms with Crippen LogP contribution >= 0.6 is 11.3 Å². The molecule has 0 bridgehead atoms. The first kappa shape index (κ1) is 24.5. The molecule has 4 aromatic rings. The molecular formula is C31H29N3O3S. The summed E-state index contributed by atoms with van der Waals surface area (Å²) >= 11 is 1.62. The topological polar surface area (TPSA) is 70.6 Å². The second kappa shape index (κ2) is 9.80. The SMILES string of the molecule is Cc1ccc(C(=O)N(C2CCCC2)C2CC(=O)N(c3ccc(-c4nc5ccc(C)cc5s4)cc3)C2=O)cc1. The van der Waals surface area contributed by atoms with Crippen molar-refractivity contribution >= 4 is 45.0 Å². The summed E-state index contributed by atoms with van der Waals surface area (Å²) in [4.78, 5) is 48.2. The van der Waals surface area contributed by atoms with Crippen molar-refractivity contribution in [3.8, 4) is 10.6 Å². The number of imide groups is 1. The number of nitrogens with zero attached hydrogens (tertiary/aromatic N) is 3. The van der Waals surface area contributed by atoms with E-state index in [-0.39, 0.29) is 30.2 Å². The zero-order valence-electron chi connectivity index (χ0n) is 21.5. The van der Waals surface area contributed by atoms with Gasteiger partial charge in [-0.25, -0.2) is 9.88 Å². The first-order chi connectivity index (χ1) is 18.4. The van der Waals surface area contributed by atoms with Crippen molar-refractivity contribution in [2.45, 2.75) is 58.0 Å². The van der Waals surface area contributed by atoms with E-state index in [2.05, 4.69) is 13.0 Å². The number of aryl methyl sites for hydroxylation is 2. The van der Waals surface area contributed by atoms with Gasteiger partial charge in [0, 0.05) is 17.2 Å². The highest BCUT2D eigenvalue weighted by atomic mass is 32.1. The first-order valence-corrected chi connectivity index (χ1v) is 13.9. The van der Waals surface area contributed by atoms with Gasteiger partial charge in [0.15, 0.2) is 0 Å². The van der Waals surface area contributed by atoms with Crippen LogP contribution in [0.2, 0.25) is 0 Å². The largest absolute Gasteiger partial charge is 0.323 e. The molecule has 1 atom stereocenters. The second-order valence-electron chi connectivity index (χ2n) is 10.3. The lowest BCUT2D eigenvalue weighted by Crippen LogP contribution is -2.50. The maximum Gasteiger partial charge on any atom is 0.257 e. The predicted molar refractivity (Wildman–Crippen MR) is 150 cm³/mol. The van der Waals surface area contributed by atoms with Gasteiger partial charge in [-0.2, -0.15) is 0 Å².